The Balaban J connectivity index is 1.57. The molecule has 5 rings (SSSR count). The third-order valence-electron chi connectivity index (χ3n) is 6.53. The number of anilines is 1. The zero-order valence-corrected chi connectivity index (χ0v) is 21.8. The number of carbonyl (C=O) groups excluding carboxylic acids is 1. The molecule has 0 saturated carbocycles. The van der Waals surface area contributed by atoms with Crippen molar-refractivity contribution in [1.82, 2.24) is 29.7 Å². The average molecular weight is 516 g/mol. The molecule has 1 aliphatic heterocycles. The summed E-state index contributed by atoms with van der Waals surface area (Å²) in [4.78, 5) is 45.3. The topological polar surface area (TPSA) is 96.3 Å². The molecule has 1 N–H and O–H groups in total. The summed E-state index contributed by atoms with van der Waals surface area (Å²) in [5, 5.41) is 3.17. The van der Waals surface area contributed by atoms with Crippen LogP contribution in [0.5, 0.6) is 0 Å². The second-order valence-electron chi connectivity index (χ2n) is 9.25. The summed E-state index contributed by atoms with van der Waals surface area (Å²) in [7, 11) is 2.12. The Hall–Kier alpha value is -3.76. The monoisotopic (exact) mass is 515 g/mol. The maximum atomic E-state index is 13.5. The molecule has 0 unspecified atom stereocenters. The van der Waals surface area contributed by atoms with Crippen LogP contribution in [0.2, 0.25) is 0 Å². The number of hydrogen-bond donors (Lipinski definition) is 2. The fourth-order valence-corrected chi connectivity index (χ4v) is 4.70. The molecule has 1 amide bonds. The molecule has 10 heteroatoms. The van der Waals surface area contributed by atoms with Gasteiger partial charge in [0.1, 0.15) is 11.4 Å². The third-order valence-corrected chi connectivity index (χ3v) is 6.91. The molecule has 4 aromatic rings. The molecule has 3 aromatic heterocycles. The Morgan fingerprint density at radius 2 is 1.89 bits per heavy atom. The van der Waals surface area contributed by atoms with Crippen LogP contribution in [-0.2, 0) is 6.54 Å². The number of thiol groups is 1. The molecule has 9 nitrogen and oxygen atoms in total. The van der Waals surface area contributed by atoms with Crippen LogP contribution >= 0.6 is 12.6 Å². The number of nitrogens with zero attached hydrogens (tertiary/aromatic N) is 6. The predicted octanol–water partition coefficient (Wildman–Crippen LogP) is 2.84. The van der Waals surface area contributed by atoms with Crippen LogP contribution in [0.25, 0.3) is 16.7 Å². The summed E-state index contributed by atoms with van der Waals surface area (Å²) >= 11 is 4.64. The van der Waals surface area contributed by atoms with Crippen LogP contribution < -0.4 is 15.6 Å². The molecule has 1 saturated heterocycles. The summed E-state index contributed by atoms with van der Waals surface area (Å²) < 4.78 is 1.78. The largest absolute Gasteiger partial charge is 0.355 e. The quantitative estimate of drug-likeness (QED) is 0.395. The number of fused-ring (bicyclic) bond motifs is 1. The van der Waals surface area contributed by atoms with Crippen LogP contribution in [-0.4, -0.2) is 63.6 Å². The molecule has 1 aromatic carbocycles. The highest BCUT2D eigenvalue weighted by Crippen LogP contribution is 2.24. The van der Waals surface area contributed by atoms with Gasteiger partial charge >= 0.3 is 0 Å². The van der Waals surface area contributed by atoms with E-state index in [9.17, 15) is 9.59 Å². The highest BCUT2D eigenvalue weighted by atomic mass is 32.1. The van der Waals surface area contributed by atoms with E-state index in [1.807, 2.05) is 37.3 Å². The number of rotatable bonds is 5. The van der Waals surface area contributed by atoms with Crippen molar-refractivity contribution in [2.24, 2.45) is 0 Å². The number of aryl methyl sites for hydroxylation is 1. The molecule has 0 atom stereocenters. The van der Waals surface area contributed by atoms with Crippen molar-refractivity contribution < 1.29 is 4.79 Å². The summed E-state index contributed by atoms with van der Waals surface area (Å²) in [5.74, 6) is 0.321. The lowest BCUT2D eigenvalue weighted by Gasteiger charge is -2.23. The SMILES string of the molecule is Cc1cnc(CNC(=O)c2cn(-c3ccccc3S)c3nc(N4CCCN(C)CC4)ccc3c2=O)cn1. The number of carbonyl (C=O) groups is 1. The third kappa shape index (κ3) is 5.35. The second-order valence-corrected chi connectivity index (χ2v) is 9.73. The summed E-state index contributed by atoms with van der Waals surface area (Å²) in [6.07, 6.45) is 5.84. The maximum Gasteiger partial charge on any atom is 0.257 e. The van der Waals surface area contributed by atoms with Gasteiger partial charge in [-0.3, -0.25) is 24.1 Å². The highest BCUT2D eigenvalue weighted by molar-refractivity contribution is 7.80. The smallest absolute Gasteiger partial charge is 0.257 e. The number of nitrogens with one attached hydrogen (secondary N) is 1. The van der Waals surface area contributed by atoms with E-state index in [-0.39, 0.29) is 17.5 Å². The first-order valence-corrected chi connectivity index (χ1v) is 12.7. The van der Waals surface area contributed by atoms with Crippen molar-refractivity contribution >= 4 is 35.4 Å². The van der Waals surface area contributed by atoms with Crippen molar-refractivity contribution in [1.29, 1.82) is 0 Å². The van der Waals surface area contributed by atoms with Crippen molar-refractivity contribution in [3.63, 3.8) is 0 Å². The number of pyridine rings is 2. The standard InChI is InChI=1S/C27H29N7O2S/c1-18-14-29-19(15-28-18)16-30-27(36)21-17-34(22-6-3-4-7-23(22)37)26-20(25(21)35)8-9-24(31-26)33-11-5-10-32(2)12-13-33/h3-4,6-9,14-15,17,37H,5,10-13,16H2,1-2H3,(H,30,36). The maximum absolute atomic E-state index is 13.5. The summed E-state index contributed by atoms with van der Waals surface area (Å²) in [5.41, 5.74) is 2.27. The van der Waals surface area contributed by atoms with E-state index >= 15 is 0 Å². The Kier molecular flexibility index (Phi) is 7.20. The second kappa shape index (κ2) is 10.7. The van der Waals surface area contributed by atoms with Crippen molar-refractivity contribution in [2.45, 2.75) is 24.8 Å². The van der Waals surface area contributed by atoms with Gasteiger partial charge in [0.25, 0.3) is 5.91 Å². The molecule has 190 valence electrons. The molecule has 37 heavy (non-hydrogen) atoms. The Bertz CT molecular complexity index is 1500. The van der Waals surface area contributed by atoms with Crippen molar-refractivity contribution in [3.05, 3.63) is 82.2 Å². The molecule has 0 radical (unpaired) electrons. The molecular formula is C27H29N7O2S. The Labute approximate surface area is 220 Å². The van der Waals surface area contributed by atoms with Crippen LogP contribution in [0.3, 0.4) is 0 Å². The first-order chi connectivity index (χ1) is 17.9. The van der Waals surface area contributed by atoms with Gasteiger partial charge in [-0.1, -0.05) is 12.1 Å². The van der Waals surface area contributed by atoms with E-state index in [2.05, 4.69) is 44.8 Å². The lowest BCUT2D eigenvalue weighted by Crippen LogP contribution is -2.31. The number of amides is 1. The number of benzene rings is 1. The minimum Gasteiger partial charge on any atom is -0.355 e. The fraction of sp³-hybridized carbons (Fsp3) is 0.296. The molecular weight excluding hydrogens is 486 g/mol. The van der Waals surface area contributed by atoms with E-state index in [0.29, 0.717) is 21.6 Å². The van der Waals surface area contributed by atoms with Gasteiger partial charge in [-0.15, -0.1) is 12.6 Å². The van der Waals surface area contributed by atoms with E-state index in [0.717, 1.165) is 49.8 Å². The Morgan fingerprint density at radius 3 is 2.68 bits per heavy atom. The average Bonchev–Trinajstić information content (AvgIpc) is 3.13. The van der Waals surface area contributed by atoms with Crippen LogP contribution in [0.4, 0.5) is 5.82 Å². The van der Waals surface area contributed by atoms with Crippen LogP contribution in [0.1, 0.15) is 28.2 Å². The lowest BCUT2D eigenvalue weighted by molar-refractivity contribution is 0.0949. The number of hydrogen-bond acceptors (Lipinski definition) is 8. The first-order valence-electron chi connectivity index (χ1n) is 12.2. The summed E-state index contributed by atoms with van der Waals surface area (Å²) in [6, 6.07) is 11.2. The first kappa shape index (κ1) is 24.9. The number of para-hydroxylation sites is 1. The molecule has 0 bridgehead atoms. The lowest BCUT2D eigenvalue weighted by atomic mass is 10.1. The van der Waals surface area contributed by atoms with Crippen molar-refractivity contribution in [3.8, 4) is 5.69 Å². The predicted molar refractivity (Wildman–Crippen MR) is 147 cm³/mol. The van der Waals surface area contributed by atoms with Gasteiger partial charge in [-0.2, -0.15) is 0 Å². The minimum absolute atomic E-state index is 0.0232. The van der Waals surface area contributed by atoms with E-state index in [4.69, 9.17) is 4.98 Å². The van der Waals surface area contributed by atoms with E-state index < -0.39 is 5.91 Å². The minimum atomic E-state index is -0.487. The zero-order chi connectivity index (χ0) is 25.9. The van der Waals surface area contributed by atoms with Gasteiger partial charge in [0.15, 0.2) is 5.65 Å². The Morgan fingerprint density at radius 1 is 1.05 bits per heavy atom. The fourth-order valence-electron chi connectivity index (χ4n) is 4.43. The van der Waals surface area contributed by atoms with Crippen molar-refractivity contribution in [2.75, 3.05) is 38.1 Å². The molecule has 1 aliphatic rings. The van der Waals surface area contributed by atoms with Crippen LogP contribution in [0, 0.1) is 6.92 Å². The van der Waals surface area contributed by atoms with Gasteiger partial charge in [0.2, 0.25) is 5.43 Å². The summed E-state index contributed by atoms with van der Waals surface area (Å²) in [6.45, 7) is 5.72. The van der Waals surface area contributed by atoms with Gasteiger partial charge in [0.05, 0.1) is 35.2 Å². The molecule has 1 fully saturated rings. The van der Waals surface area contributed by atoms with E-state index in [1.54, 1.807) is 29.2 Å². The zero-order valence-electron chi connectivity index (χ0n) is 20.9. The molecule has 0 aliphatic carbocycles. The number of likely N-dealkylation sites (N-methyl/N-ethyl adjacent to an activating group) is 1. The molecule has 0 spiro atoms. The highest BCUT2D eigenvalue weighted by Gasteiger charge is 2.20. The van der Waals surface area contributed by atoms with Crippen LogP contribution in [0.15, 0.2) is 64.7 Å². The molecule has 4 heterocycles. The normalized spacial score (nSPS) is 14.5. The van der Waals surface area contributed by atoms with Gasteiger partial charge in [-0.05, 0) is 51.2 Å². The van der Waals surface area contributed by atoms with Gasteiger partial charge < -0.3 is 15.1 Å². The number of aromatic nitrogens is 4. The van der Waals surface area contributed by atoms with Gasteiger partial charge in [-0.25, -0.2) is 4.98 Å². The van der Waals surface area contributed by atoms with Gasteiger partial charge in [0, 0.05) is 36.9 Å². The van der Waals surface area contributed by atoms with E-state index in [1.165, 1.54) is 0 Å².